The molecule has 3 N–H and O–H groups in total. The smallest absolute Gasteiger partial charge is 0.408 e. The van der Waals surface area contributed by atoms with Crippen molar-refractivity contribution in [3.63, 3.8) is 0 Å². The van der Waals surface area contributed by atoms with Gasteiger partial charge in [0.05, 0.1) is 5.54 Å². The van der Waals surface area contributed by atoms with Crippen LogP contribution in [0, 0.1) is 0 Å². The topological polar surface area (TPSA) is 64.3 Å². The monoisotopic (exact) mass is 254 g/mol. The number of rotatable bonds is 2. The molecule has 104 valence electrons. The summed E-state index contributed by atoms with van der Waals surface area (Å²) in [7, 11) is 0. The van der Waals surface area contributed by atoms with Crippen molar-refractivity contribution in [1.29, 1.82) is 0 Å². The number of amides is 1. The molecule has 0 aromatic rings. The Morgan fingerprint density at radius 3 is 2.06 bits per heavy atom. The lowest BCUT2D eigenvalue weighted by Gasteiger charge is -2.53. The molecule has 0 bridgehead atoms. The van der Waals surface area contributed by atoms with Gasteiger partial charge in [0.1, 0.15) is 5.60 Å². The summed E-state index contributed by atoms with van der Waals surface area (Å²) in [6, 6.07) is 0. The molecule has 4 heteroatoms. The van der Waals surface area contributed by atoms with Gasteiger partial charge in [0.15, 0.2) is 0 Å². The maximum absolute atomic E-state index is 12.0. The van der Waals surface area contributed by atoms with Gasteiger partial charge in [-0.3, -0.25) is 0 Å². The van der Waals surface area contributed by atoms with E-state index in [-0.39, 0.29) is 17.2 Å². The van der Waals surface area contributed by atoms with E-state index in [1.54, 1.807) is 0 Å². The molecule has 0 atom stereocenters. The van der Waals surface area contributed by atoms with Crippen molar-refractivity contribution < 1.29 is 9.53 Å². The fraction of sp³-hybridized carbons (Fsp3) is 0.929. The van der Waals surface area contributed by atoms with E-state index in [1.807, 2.05) is 20.8 Å². The third-order valence-corrected chi connectivity index (χ3v) is 4.40. The third kappa shape index (κ3) is 2.48. The molecule has 2 rings (SSSR count). The molecule has 4 nitrogen and oxygen atoms in total. The van der Waals surface area contributed by atoms with E-state index in [0.717, 1.165) is 32.1 Å². The highest BCUT2D eigenvalue weighted by Crippen LogP contribution is 2.47. The highest BCUT2D eigenvalue weighted by Gasteiger charge is 2.54. The van der Waals surface area contributed by atoms with Crippen molar-refractivity contribution in [2.24, 2.45) is 5.73 Å². The van der Waals surface area contributed by atoms with Crippen LogP contribution in [0.1, 0.15) is 65.7 Å². The lowest BCUT2D eigenvalue weighted by atomic mass is 9.63. The van der Waals surface area contributed by atoms with Crippen LogP contribution in [0.15, 0.2) is 0 Å². The normalized spacial score (nSPS) is 25.3. The van der Waals surface area contributed by atoms with Gasteiger partial charge in [-0.05, 0) is 52.9 Å². The molecule has 18 heavy (non-hydrogen) atoms. The van der Waals surface area contributed by atoms with Crippen LogP contribution in [-0.2, 0) is 4.74 Å². The lowest BCUT2D eigenvalue weighted by molar-refractivity contribution is 0.0210. The third-order valence-electron chi connectivity index (χ3n) is 4.40. The molecule has 1 amide bonds. The van der Waals surface area contributed by atoms with Crippen LogP contribution in [0.4, 0.5) is 4.79 Å². The van der Waals surface area contributed by atoms with E-state index in [4.69, 9.17) is 10.5 Å². The summed E-state index contributed by atoms with van der Waals surface area (Å²) in [6.07, 6.45) is 7.19. The van der Waals surface area contributed by atoms with Gasteiger partial charge in [0.2, 0.25) is 0 Å². The van der Waals surface area contributed by atoms with Crippen molar-refractivity contribution in [2.75, 3.05) is 0 Å². The van der Waals surface area contributed by atoms with E-state index >= 15 is 0 Å². The molecule has 0 aliphatic heterocycles. The average Bonchev–Trinajstić information content (AvgIpc) is 2.57. The Hall–Kier alpha value is -0.770. The summed E-state index contributed by atoms with van der Waals surface area (Å²) >= 11 is 0. The number of hydrogen-bond donors (Lipinski definition) is 2. The van der Waals surface area contributed by atoms with Crippen molar-refractivity contribution in [1.82, 2.24) is 5.32 Å². The van der Waals surface area contributed by atoms with Gasteiger partial charge in [-0.25, -0.2) is 4.79 Å². The Kier molecular flexibility index (Phi) is 3.34. The minimum absolute atomic E-state index is 0.216. The minimum atomic E-state index is -0.452. The Balaban J connectivity index is 2.03. The molecule has 2 aliphatic rings. The Labute approximate surface area is 110 Å². The molecule has 0 aromatic heterocycles. The van der Waals surface area contributed by atoms with Crippen LogP contribution in [0.3, 0.4) is 0 Å². The highest BCUT2D eigenvalue weighted by atomic mass is 16.6. The molecular formula is C14H26N2O2. The molecule has 2 aliphatic carbocycles. The summed E-state index contributed by atoms with van der Waals surface area (Å²) in [5.74, 6) is 0. The molecule has 0 heterocycles. The standard InChI is InChI=1S/C14H26N2O2/c1-12(2,3)18-11(17)16-14(9-6-10-14)13(15)7-4-5-8-13/h4-10,15H2,1-3H3,(H,16,17). The van der Waals surface area contributed by atoms with E-state index in [0.29, 0.717) is 0 Å². The van der Waals surface area contributed by atoms with Gasteiger partial charge in [-0.2, -0.15) is 0 Å². The second kappa shape index (κ2) is 4.41. The Morgan fingerprint density at radius 1 is 1.11 bits per heavy atom. The maximum atomic E-state index is 12.0. The average molecular weight is 254 g/mol. The first-order valence-electron chi connectivity index (χ1n) is 7.07. The first-order chi connectivity index (χ1) is 8.27. The van der Waals surface area contributed by atoms with Gasteiger partial charge < -0.3 is 15.8 Å². The Bertz CT molecular complexity index is 323. The first-order valence-corrected chi connectivity index (χ1v) is 7.07. The van der Waals surface area contributed by atoms with Gasteiger partial charge in [0.25, 0.3) is 0 Å². The molecule has 2 saturated carbocycles. The Morgan fingerprint density at radius 2 is 1.67 bits per heavy atom. The molecule has 0 unspecified atom stereocenters. The summed E-state index contributed by atoms with van der Waals surface area (Å²) in [5, 5.41) is 3.08. The van der Waals surface area contributed by atoms with Crippen LogP contribution < -0.4 is 11.1 Å². The molecule has 0 radical (unpaired) electrons. The quantitative estimate of drug-likeness (QED) is 0.796. The summed E-state index contributed by atoms with van der Waals surface area (Å²) in [6.45, 7) is 5.65. The fourth-order valence-corrected chi connectivity index (χ4v) is 3.26. The maximum Gasteiger partial charge on any atom is 0.408 e. The molecule has 0 aromatic carbocycles. The molecular weight excluding hydrogens is 228 g/mol. The zero-order valence-corrected chi connectivity index (χ0v) is 11.8. The van der Waals surface area contributed by atoms with Gasteiger partial charge >= 0.3 is 6.09 Å². The lowest BCUT2D eigenvalue weighted by Crippen LogP contribution is -2.71. The zero-order chi connectivity index (χ0) is 13.4. The van der Waals surface area contributed by atoms with E-state index in [2.05, 4.69) is 5.32 Å². The summed E-state index contributed by atoms with van der Waals surface area (Å²) in [5.41, 5.74) is 5.65. The van der Waals surface area contributed by atoms with Crippen molar-refractivity contribution >= 4 is 6.09 Å². The number of hydrogen-bond acceptors (Lipinski definition) is 3. The van der Waals surface area contributed by atoms with Crippen molar-refractivity contribution in [3.05, 3.63) is 0 Å². The van der Waals surface area contributed by atoms with Gasteiger partial charge in [-0.15, -0.1) is 0 Å². The summed E-state index contributed by atoms with van der Waals surface area (Å²) in [4.78, 5) is 12.0. The van der Waals surface area contributed by atoms with E-state index < -0.39 is 5.60 Å². The molecule has 0 saturated heterocycles. The molecule has 2 fully saturated rings. The van der Waals surface area contributed by atoms with Crippen LogP contribution in [-0.4, -0.2) is 22.8 Å². The number of alkyl carbamates (subject to hydrolysis) is 1. The van der Waals surface area contributed by atoms with Gasteiger partial charge in [0, 0.05) is 5.54 Å². The van der Waals surface area contributed by atoms with Crippen molar-refractivity contribution in [2.45, 2.75) is 82.4 Å². The SMILES string of the molecule is CC(C)(C)OC(=O)NC1(C2(N)CCCC2)CCC1. The predicted molar refractivity (Wildman–Crippen MR) is 71.3 cm³/mol. The second-order valence-corrected chi connectivity index (χ2v) is 6.93. The summed E-state index contributed by atoms with van der Waals surface area (Å²) < 4.78 is 5.37. The second-order valence-electron chi connectivity index (χ2n) is 6.93. The highest BCUT2D eigenvalue weighted by molar-refractivity contribution is 5.69. The first kappa shape index (κ1) is 13.7. The van der Waals surface area contributed by atoms with Gasteiger partial charge in [-0.1, -0.05) is 12.8 Å². The van der Waals surface area contributed by atoms with Crippen LogP contribution in [0.2, 0.25) is 0 Å². The molecule has 0 spiro atoms. The number of carbonyl (C=O) groups excluding carboxylic acids is 1. The van der Waals surface area contributed by atoms with Crippen LogP contribution >= 0.6 is 0 Å². The van der Waals surface area contributed by atoms with Crippen LogP contribution in [0.25, 0.3) is 0 Å². The number of nitrogens with one attached hydrogen (secondary N) is 1. The largest absolute Gasteiger partial charge is 0.444 e. The zero-order valence-electron chi connectivity index (χ0n) is 11.8. The number of ether oxygens (including phenoxy) is 1. The minimum Gasteiger partial charge on any atom is -0.444 e. The van der Waals surface area contributed by atoms with Crippen molar-refractivity contribution in [3.8, 4) is 0 Å². The van der Waals surface area contributed by atoms with E-state index in [1.165, 1.54) is 12.8 Å². The fourth-order valence-electron chi connectivity index (χ4n) is 3.26. The van der Waals surface area contributed by atoms with Crippen LogP contribution in [0.5, 0.6) is 0 Å². The number of carbonyl (C=O) groups is 1. The van der Waals surface area contributed by atoms with E-state index in [9.17, 15) is 4.79 Å². The number of nitrogens with two attached hydrogens (primary N) is 1. The predicted octanol–water partition coefficient (Wildman–Crippen LogP) is 2.71.